The Bertz CT molecular complexity index is 406. The van der Waals surface area contributed by atoms with Crippen molar-refractivity contribution < 1.29 is 65.5 Å². The SMILES string of the molecule is NCOOCCCCOC(=O)CN.O=C(O)C(F)(F)F.O=C(O)C(F)(F)F. The highest BCUT2D eigenvalue weighted by Crippen LogP contribution is 2.13. The summed E-state index contributed by atoms with van der Waals surface area (Å²) in [6.45, 7) is 0.772. The zero-order chi connectivity index (χ0) is 22.1. The van der Waals surface area contributed by atoms with E-state index in [-0.39, 0.29) is 19.2 Å². The molecule has 0 bridgehead atoms. The van der Waals surface area contributed by atoms with Crippen LogP contribution in [-0.2, 0) is 28.9 Å². The van der Waals surface area contributed by atoms with Crippen molar-refractivity contribution in [1.29, 1.82) is 0 Å². The van der Waals surface area contributed by atoms with Crippen LogP contribution in [0.4, 0.5) is 26.3 Å². The van der Waals surface area contributed by atoms with E-state index < -0.39 is 24.3 Å². The first-order chi connectivity index (χ1) is 12.2. The Morgan fingerprint density at radius 2 is 1.15 bits per heavy atom. The Balaban J connectivity index is -0.000000350. The van der Waals surface area contributed by atoms with Crippen LogP contribution in [0.1, 0.15) is 12.8 Å². The van der Waals surface area contributed by atoms with E-state index in [1.54, 1.807) is 0 Å². The predicted molar refractivity (Wildman–Crippen MR) is 72.7 cm³/mol. The van der Waals surface area contributed by atoms with Gasteiger partial charge < -0.3 is 26.4 Å². The van der Waals surface area contributed by atoms with Gasteiger partial charge in [0.2, 0.25) is 0 Å². The molecule has 0 aromatic rings. The molecule has 0 rings (SSSR count). The molecule has 0 fully saturated rings. The average Bonchev–Trinajstić information content (AvgIpc) is 2.53. The third kappa shape index (κ3) is 26.2. The Kier molecular flexibility index (Phi) is 17.6. The van der Waals surface area contributed by atoms with Crippen LogP contribution in [0.2, 0.25) is 0 Å². The lowest BCUT2D eigenvalue weighted by molar-refractivity contribution is -0.293. The fourth-order valence-corrected chi connectivity index (χ4v) is 0.615. The normalized spacial score (nSPS) is 10.7. The zero-order valence-electron chi connectivity index (χ0n) is 13.5. The minimum Gasteiger partial charge on any atom is -0.475 e. The Morgan fingerprint density at radius 3 is 1.44 bits per heavy atom. The van der Waals surface area contributed by atoms with Gasteiger partial charge in [-0.15, -0.1) is 0 Å². The van der Waals surface area contributed by atoms with Crippen molar-refractivity contribution in [1.82, 2.24) is 0 Å². The van der Waals surface area contributed by atoms with E-state index in [1.807, 2.05) is 0 Å². The van der Waals surface area contributed by atoms with Gasteiger partial charge in [0.15, 0.2) is 0 Å². The van der Waals surface area contributed by atoms with Crippen LogP contribution in [0.25, 0.3) is 0 Å². The van der Waals surface area contributed by atoms with Crippen molar-refractivity contribution in [3.63, 3.8) is 0 Å². The van der Waals surface area contributed by atoms with Gasteiger partial charge in [0.25, 0.3) is 0 Å². The van der Waals surface area contributed by atoms with Gasteiger partial charge in [-0.3, -0.25) is 4.79 Å². The number of aliphatic carboxylic acids is 2. The summed E-state index contributed by atoms with van der Waals surface area (Å²) in [5.41, 5.74) is 10.0. The zero-order valence-corrected chi connectivity index (χ0v) is 13.5. The molecule has 0 aliphatic rings. The maximum absolute atomic E-state index is 10.6. The smallest absolute Gasteiger partial charge is 0.475 e. The van der Waals surface area contributed by atoms with Crippen LogP contribution in [0, 0.1) is 0 Å². The van der Waals surface area contributed by atoms with Crippen molar-refractivity contribution in [2.24, 2.45) is 11.5 Å². The number of esters is 1. The minimum atomic E-state index is -5.08. The lowest BCUT2D eigenvalue weighted by Gasteiger charge is -2.03. The third-order valence-electron chi connectivity index (χ3n) is 1.69. The minimum absolute atomic E-state index is 0.0438. The molecule has 6 N–H and O–H groups in total. The van der Waals surface area contributed by atoms with Gasteiger partial charge in [0.05, 0.1) is 19.8 Å². The molecule has 16 heteroatoms. The molecule has 0 aromatic carbocycles. The highest BCUT2D eigenvalue weighted by atomic mass is 19.4. The van der Waals surface area contributed by atoms with Crippen LogP contribution < -0.4 is 11.5 Å². The van der Waals surface area contributed by atoms with Gasteiger partial charge >= 0.3 is 30.3 Å². The Hall–Kier alpha value is -2.17. The van der Waals surface area contributed by atoms with Gasteiger partial charge in [0, 0.05) is 0 Å². The third-order valence-corrected chi connectivity index (χ3v) is 1.69. The molecule has 0 aliphatic heterocycles. The van der Waals surface area contributed by atoms with Gasteiger partial charge in [-0.25, -0.2) is 19.4 Å². The summed E-state index contributed by atoms with van der Waals surface area (Å²) in [6, 6.07) is 0. The first-order valence-electron chi connectivity index (χ1n) is 6.60. The van der Waals surface area contributed by atoms with E-state index in [9.17, 15) is 31.1 Å². The number of unbranched alkanes of at least 4 members (excludes halogenated alkanes) is 1. The van der Waals surface area contributed by atoms with Gasteiger partial charge in [0.1, 0.15) is 6.73 Å². The lowest BCUT2D eigenvalue weighted by Crippen LogP contribution is -2.21. The second kappa shape index (κ2) is 16.0. The van der Waals surface area contributed by atoms with Crippen molar-refractivity contribution in [2.45, 2.75) is 25.2 Å². The summed E-state index contributed by atoms with van der Waals surface area (Å²) in [5.74, 6) is -5.90. The highest BCUT2D eigenvalue weighted by molar-refractivity contribution is 5.73. The number of hydrogen-bond donors (Lipinski definition) is 4. The topological polar surface area (TPSA) is 171 Å². The standard InChI is InChI=1S/C7H16N2O4.2C2HF3O2/c8-5-7(10)11-3-1-2-4-12-13-6-9;2*3-2(4,5)1(6)7/h1-6,8-9H2;2*(H,6,7). The van der Waals surface area contributed by atoms with E-state index in [1.165, 1.54) is 0 Å². The van der Waals surface area contributed by atoms with Crippen LogP contribution >= 0.6 is 0 Å². The maximum atomic E-state index is 10.6. The van der Waals surface area contributed by atoms with Crippen molar-refractivity contribution in [3.05, 3.63) is 0 Å². The van der Waals surface area contributed by atoms with E-state index in [0.29, 0.717) is 13.2 Å². The molecule has 0 heterocycles. The molecule has 0 saturated heterocycles. The number of ether oxygens (including phenoxy) is 1. The summed E-state index contributed by atoms with van der Waals surface area (Å²) in [5, 5.41) is 14.2. The van der Waals surface area contributed by atoms with Crippen molar-refractivity contribution in [2.75, 3.05) is 26.5 Å². The lowest BCUT2D eigenvalue weighted by atomic mass is 10.3. The van der Waals surface area contributed by atoms with E-state index in [2.05, 4.69) is 9.78 Å². The summed E-state index contributed by atoms with van der Waals surface area (Å²) in [7, 11) is 0. The molecule has 0 spiro atoms. The summed E-state index contributed by atoms with van der Waals surface area (Å²) >= 11 is 0. The molecular formula is C11H18F6N2O8. The number of rotatable bonds is 8. The van der Waals surface area contributed by atoms with E-state index >= 15 is 0 Å². The van der Waals surface area contributed by atoms with E-state index in [4.69, 9.17) is 36.0 Å². The summed E-state index contributed by atoms with van der Waals surface area (Å²) in [4.78, 5) is 37.4. The fourth-order valence-electron chi connectivity index (χ4n) is 0.615. The number of halogens is 6. The molecule has 0 saturated carbocycles. The van der Waals surface area contributed by atoms with Crippen LogP contribution in [-0.4, -0.2) is 67.0 Å². The summed E-state index contributed by atoms with van der Waals surface area (Å²) in [6.07, 6.45) is -8.70. The molecule has 0 aliphatic carbocycles. The molecule has 0 radical (unpaired) electrons. The second-order valence-corrected chi connectivity index (χ2v) is 3.84. The van der Waals surface area contributed by atoms with Crippen LogP contribution in [0.3, 0.4) is 0 Å². The first-order valence-corrected chi connectivity index (χ1v) is 6.60. The van der Waals surface area contributed by atoms with Gasteiger partial charge in [-0.1, -0.05) is 0 Å². The Labute approximate surface area is 147 Å². The Morgan fingerprint density at radius 1 is 0.778 bits per heavy atom. The molecule has 162 valence electrons. The van der Waals surface area contributed by atoms with Gasteiger partial charge in [-0.2, -0.15) is 26.3 Å². The molecule has 10 nitrogen and oxygen atoms in total. The summed E-state index contributed by atoms with van der Waals surface area (Å²) < 4.78 is 68.2. The number of alkyl halides is 6. The largest absolute Gasteiger partial charge is 0.490 e. The number of carboxylic acids is 2. The molecule has 0 aromatic heterocycles. The monoisotopic (exact) mass is 420 g/mol. The first kappa shape index (κ1) is 29.6. The quantitative estimate of drug-likeness (QED) is 0.108. The number of hydrogen-bond acceptors (Lipinski definition) is 8. The molecule has 0 amide bonds. The predicted octanol–water partition coefficient (Wildman–Crippen LogP) is 0.400. The highest BCUT2D eigenvalue weighted by Gasteiger charge is 2.38. The molecule has 0 unspecified atom stereocenters. The number of carbonyl (C=O) groups excluding carboxylic acids is 1. The molecular weight excluding hydrogens is 402 g/mol. The maximum Gasteiger partial charge on any atom is 0.490 e. The van der Waals surface area contributed by atoms with E-state index in [0.717, 1.165) is 12.8 Å². The number of carboxylic acid groups (broad SMARTS) is 2. The van der Waals surface area contributed by atoms with Crippen molar-refractivity contribution in [3.8, 4) is 0 Å². The number of nitrogens with two attached hydrogens (primary N) is 2. The number of carbonyl (C=O) groups is 3. The average molecular weight is 420 g/mol. The van der Waals surface area contributed by atoms with Gasteiger partial charge in [-0.05, 0) is 12.8 Å². The van der Waals surface area contributed by atoms with Crippen LogP contribution in [0.5, 0.6) is 0 Å². The fraction of sp³-hybridized carbons (Fsp3) is 0.727. The van der Waals surface area contributed by atoms with Crippen LogP contribution in [0.15, 0.2) is 0 Å². The second-order valence-electron chi connectivity index (χ2n) is 3.84. The molecule has 0 atom stereocenters. The van der Waals surface area contributed by atoms with Crippen molar-refractivity contribution >= 4 is 17.9 Å². The molecule has 27 heavy (non-hydrogen) atoms.